The van der Waals surface area contributed by atoms with E-state index in [1.54, 1.807) is 18.0 Å². The Kier molecular flexibility index (Phi) is 7.66. The average molecular weight is 498 g/mol. The smallest absolute Gasteiger partial charge is 0.407 e. The number of anilines is 1. The summed E-state index contributed by atoms with van der Waals surface area (Å²) in [5.41, 5.74) is 3.51. The van der Waals surface area contributed by atoms with Crippen LogP contribution in [0.15, 0.2) is 52.1 Å². The highest BCUT2D eigenvalue weighted by Gasteiger charge is 2.17. The van der Waals surface area contributed by atoms with Crippen molar-refractivity contribution in [3.8, 4) is 11.5 Å². The van der Waals surface area contributed by atoms with Crippen LogP contribution in [0.3, 0.4) is 0 Å². The summed E-state index contributed by atoms with van der Waals surface area (Å²) < 4.78 is 26.6. The number of fused-ring (bicyclic) bond motifs is 1. The van der Waals surface area contributed by atoms with Gasteiger partial charge in [-0.05, 0) is 61.2 Å². The van der Waals surface area contributed by atoms with Crippen molar-refractivity contribution in [3.05, 3.63) is 59.4 Å². The van der Waals surface area contributed by atoms with Crippen molar-refractivity contribution in [2.45, 2.75) is 31.8 Å². The molecule has 0 aliphatic heterocycles. The number of aryl methyl sites for hydroxylation is 1. The summed E-state index contributed by atoms with van der Waals surface area (Å²) in [7, 11) is 2.94. The van der Waals surface area contributed by atoms with Crippen molar-refractivity contribution >= 4 is 34.8 Å². The zero-order valence-corrected chi connectivity index (χ0v) is 20.8. The molecule has 0 atom stereocenters. The van der Waals surface area contributed by atoms with Gasteiger partial charge in [0.05, 0.1) is 38.5 Å². The number of rotatable bonds is 10. The lowest BCUT2D eigenvalue weighted by Gasteiger charge is -2.11. The molecule has 0 saturated carbocycles. The van der Waals surface area contributed by atoms with Crippen molar-refractivity contribution in [1.29, 1.82) is 0 Å². The second-order valence-electron chi connectivity index (χ2n) is 7.68. The highest BCUT2D eigenvalue weighted by molar-refractivity contribution is 8.00. The molecule has 0 radical (unpaired) electrons. The molecule has 2 aromatic heterocycles. The van der Waals surface area contributed by atoms with Gasteiger partial charge >= 0.3 is 6.09 Å². The number of aromatic nitrogens is 3. The van der Waals surface area contributed by atoms with Crippen LogP contribution >= 0.6 is 11.9 Å². The van der Waals surface area contributed by atoms with E-state index in [-0.39, 0.29) is 0 Å². The van der Waals surface area contributed by atoms with E-state index < -0.39 is 6.09 Å². The van der Waals surface area contributed by atoms with Crippen LogP contribution in [0.5, 0.6) is 11.5 Å². The molecule has 4 aromatic rings. The molecule has 1 amide bonds. The van der Waals surface area contributed by atoms with Gasteiger partial charge in [0.1, 0.15) is 16.9 Å². The van der Waals surface area contributed by atoms with Crippen molar-refractivity contribution in [2.75, 3.05) is 25.5 Å². The van der Waals surface area contributed by atoms with E-state index in [9.17, 15) is 4.79 Å². The molecular formula is C24H27N5O5S. The maximum absolute atomic E-state index is 11.3. The molecule has 0 unspecified atom stereocenters. The molecule has 35 heavy (non-hydrogen) atoms. The number of carbonyl (C=O) groups excluding carboxylic acids is 1. The third kappa shape index (κ3) is 5.80. The topological polar surface area (TPSA) is 113 Å². The number of hydrogen-bond donors (Lipinski definition) is 2. The molecule has 0 aliphatic carbocycles. The molecule has 11 heteroatoms. The fraction of sp³-hybridized carbons (Fsp3) is 0.292. The maximum atomic E-state index is 11.3. The largest absolute Gasteiger partial charge is 0.496 e. The van der Waals surface area contributed by atoms with E-state index in [1.807, 2.05) is 50.4 Å². The average Bonchev–Trinajstić information content (AvgIpc) is 3.48. The van der Waals surface area contributed by atoms with Gasteiger partial charge in [-0.25, -0.2) is 4.79 Å². The van der Waals surface area contributed by atoms with E-state index >= 15 is 0 Å². The Hall–Kier alpha value is -3.86. The summed E-state index contributed by atoms with van der Waals surface area (Å²) in [4.78, 5) is 12.2. The summed E-state index contributed by atoms with van der Waals surface area (Å²) in [6.07, 6.45) is 3.06. The van der Waals surface area contributed by atoms with Crippen LogP contribution in [0.2, 0.25) is 0 Å². The molecular weight excluding hydrogens is 470 g/mol. The fourth-order valence-electron chi connectivity index (χ4n) is 3.50. The number of amides is 1. The van der Waals surface area contributed by atoms with Gasteiger partial charge in [-0.15, -0.1) is 0 Å². The Balaban J connectivity index is 1.50. The number of methoxy groups -OCH3 is 2. The van der Waals surface area contributed by atoms with E-state index in [1.165, 1.54) is 19.1 Å². The van der Waals surface area contributed by atoms with Gasteiger partial charge in [0.25, 0.3) is 0 Å². The predicted octanol–water partition coefficient (Wildman–Crippen LogP) is 4.76. The lowest BCUT2D eigenvalue weighted by molar-refractivity contribution is 0.170. The summed E-state index contributed by atoms with van der Waals surface area (Å²) in [6.45, 7) is 5.39. The summed E-state index contributed by atoms with van der Waals surface area (Å²) in [5, 5.41) is 12.0. The maximum Gasteiger partial charge on any atom is 0.407 e. The van der Waals surface area contributed by atoms with E-state index in [0.29, 0.717) is 36.8 Å². The Morgan fingerprint density at radius 3 is 2.80 bits per heavy atom. The second kappa shape index (κ2) is 11.0. The van der Waals surface area contributed by atoms with Crippen molar-refractivity contribution in [3.63, 3.8) is 0 Å². The first-order valence-electron chi connectivity index (χ1n) is 11.0. The minimum atomic E-state index is -0.489. The van der Waals surface area contributed by atoms with Gasteiger partial charge < -0.3 is 28.8 Å². The van der Waals surface area contributed by atoms with Gasteiger partial charge in [0.15, 0.2) is 11.4 Å². The van der Waals surface area contributed by atoms with Crippen LogP contribution in [0.25, 0.3) is 11.0 Å². The summed E-state index contributed by atoms with van der Waals surface area (Å²) in [5.74, 6) is 2.01. The standard InChI is InChI=1S/C24H27N5O5S/c1-5-33-18-8-15(2)6-7-21(18)35-28-23-22-19(31-3)9-16(10-20(22)34-27-23)13-29-14-17(12-26-29)11-25-24(30)32-4/h6-10,12,14H,5,11,13H2,1-4H3,(H,25,30)(H,27,28). The quantitative estimate of drug-likeness (QED) is 0.299. The van der Waals surface area contributed by atoms with Gasteiger partial charge in [0.2, 0.25) is 0 Å². The molecule has 2 aromatic carbocycles. The van der Waals surface area contributed by atoms with Crippen LogP contribution in [-0.2, 0) is 17.8 Å². The molecule has 0 aliphatic rings. The first-order valence-corrected chi connectivity index (χ1v) is 11.8. The Bertz CT molecular complexity index is 1320. The van der Waals surface area contributed by atoms with Crippen molar-refractivity contribution < 1.29 is 23.5 Å². The molecule has 2 N–H and O–H groups in total. The fourth-order valence-corrected chi connectivity index (χ4v) is 4.20. The van der Waals surface area contributed by atoms with Gasteiger partial charge in [-0.3, -0.25) is 4.68 Å². The first kappa shape index (κ1) is 24.3. The zero-order chi connectivity index (χ0) is 24.8. The van der Waals surface area contributed by atoms with Gasteiger partial charge in [-0.1, -0.05) is 11.2 Å². The lowest BCUT2D eigenvalue weighted by atomic mass is 10.1. The highest BCUT2D eigenvalue weighted by atomic mass is 32.2. The van der Waals surface area contributed by atoms with Crippen LogP contribution in [0.1, 0.15) is 23.6 Å². The number of ether oxygens (including phenoxy) is 3. The zero-order valence-electron chi connectivity index (χ0n) is 20.0. The number of benzene rings is 2. The molecule has 184 valence electrons. The Morgan fingerprint density at radius 2 is 2.03 bits per heavy atom. The van der Waals surface area contributed by atoms with Crippen LogP contribution < -0.4 is 19.5 Å². The molecule has 0 bridgehead atoms. The molecule has 0 spiro atoms. The normalized spacial score (nSPS) is 10.9. The SMILES string of the molecule is CCOc1cc(C)ccc1SNc1noc2cc(Cn3cc(CNC(=O)OC)cn3)cc(OC)c12. The Morgan fingerprint density at radius 1 is 1.17 bits per heavy atom. The molecule has 10 nitrogen and oxygen atoms in total. The molecule has 0 fully saturated rings. The van der Waals surface area contributed by atoms with Gasteiger partial charge in [-0.2, -0.15) is 5.10 Å². The molecule has 0 saturated heterocycles. The van der Waals surface area contributed by atoms with E-state index in [0.717, 1.165) is 32.7 Å². The highest BCUT2D eigenvalue weighted by Crippen LogP contribution is 2.37. The number of alkyl carbamates (subject to hydrolysis) is 1. The number of hydrogen-bond acceptors (Lipinski definition) is 9. The van der Waals surface area contributed by atoms with Crippen LogP contribution in [0, 0.1) is 6.92 Å². The Labute approximate surface area is 207 Å². The number of nitrogens with one attached hydrogen (secondary N) is 2. The predicted molar refractivity (Wildman–Crippen MR) is 133 cm³/mol. The van der Waals surface area contributed by atoms with Crippen molar-refractivity contribution in [1.82, 2.24) is 20.3 Å². The summed E-state index contributed by atoms with van der Waals surface area (Å²) >= 11 is 1.40. The number of carbonyl (C=O) groups is 1. The van der Waals surface area contributed by atoms with Gasteiger partial charge in [0, 0.05) is 18.3 Å². The summed E-state index contributed by atoms with van der Waals surface area (Å²) in [6, 6.07) is 9.89. The minimum absolute atomic E-state index is 0.329. The van der Waals surface area contributed by atoms with E-state index in [4.69, 9.17) is 14.0 Å². The van der Waals surface area contributed by atoms with Crippen LogP contribution in [-0.4, -0.2) is 41.9 Å². The minimum Gasteiger partial charge on any atom is -0.496 e. The third-order valence-electron chi connectivity index (χ3n) is 5.13. The molecule has 4 rings (SSSR count). The van der Waals surface area contributed by atoms with Crippen molar-refractivity contribution in [2.24, 2.45) is 0 Å². The lowest BCUT2D eigenvalue weighted by Crippen LogP contribution is -2.21. The molecule has 2 heterocycles. The van der Waals surface area contributed by atoms with E-state index in [2.05, 4.69) is 25.0 Å². The second-order valence-corrected chi connectivity index (χ2v) is 8.53. The first-order chi connectivity index (χ1) is 17.0. The third-order valence-corrected chi connectivity index (χ3v) is 5.98. The van der Waals surface area contributed by atoms with Crippen LogP contribution in [0.4, 0.5) is 10.6 Å². The monoisotopic (exact) mass is 497 g/mol. The number of nitrogens with zero attached hydrogens (tertiary/aromatic N) is 3.